The van der Waals surface area contributed by atoms with Gasteiger partial charge in [-0.1, -0.05) is 13.3 Å². The number of hydrogen-bond acceptors (Lipinski definition) is 6. The van der Waals surface area contributed by atoms with E-state index in [1.165, 1.54) is 44.9 Å². The van der Waals surface area contributed by atoms with E-state index in [-0.39, 0.29) is 0 Å². The molecule has 0 aliphatic heterocycles. The van der Waals surface area contributed by atoms with Gasteiger partial charge in [0.25, 0.3) is 0 Å². The predicted octanol–water partition coefficient (Wildman–Crippen LogP) is 4.32. The van der Waals surface area contributed by atoms with Gasteiger partial charge in [-0.3, -0.25) is 4.40 Å². The third kappa shape index (κ3) is 4.01. The molecule has 2 fully saturated rings. The van der Waals surface area contributed by atoms with E-state index >= 15 is 0 Å². The summed E-state index contributed by atoms with van der Waals surface area (Å²) in [6.07, 6.45) is 19.2. The van der Waals surface area contributed by atoms with Gasteiger partial charge in [-0.2, -0.15) is 12.6 Å². The monoisotopic (exact) mass is 457 g/mol. The maximum absolute atomic E-state index is 6.31. The van der Waals surface area contributed by atoms with E-state index in [2.05, 4.69) is 34.0 Å². The molecular formula is C24H28BN7S. The Bertz CT molecular complexity index is 1310. The summed E-state index contributed by atoms with van der Waals surface area (Å²) in [7, 11) is 6.31. The van der Waals surface area contributed by atoms with Gasteiger partial charge in [-0.15, -0.1) is 5.10 Å². The lowest BCUT2D eigenvalue weighted by Crippen LogP contribution is -2.38. The highest BCUT2D eigenvalue weighted by Gasteiger charge is 2.40. The standard InChI is InChI=1S/C24H28BN7S/c1-23(25,33)13-19-20-18(16-14-27-22-26-10-12-31(22)15-16)5-11-32(20)30-21(29-19)28-17-3-8-24(9-4-17)6-2-7-24/h5,10-12,14-15,17,33H,2-4,6-9,13H2,1H3,(H,28,30). The van der Waals surface area contributed by atoms with Crippen LogP contribution in [0.1, 0.15) is 57.6 Å². The number of imidazole rings is 1. The molecule has 168 valence electrons. The third-order valence-electron chi connectivity index (χ3n) is 7.46. The van der Waals surface area contributed by atoms with Gasteiger partial charge in [0.15, 0.2) is 0 Å². The van der Waals surface area contributed by atoms with Gasteiger partial charge in [-0.25, -0.2) is 19.5 Å². The number of thiol groups is 1. The number of nitrogens with zero attached hydrogens (tertiary/aromatic N) is 6. The second-order valence-electron chi connectivity index (χ2n) is 10.2. The lowest BCUT2D eigenvalue weighted by molar-refractivity contribution is 0.0729. The predicted molar refractivity (Wildman–Crippen MR) is 134 cm³/mol. The molecule has 33 heavy (non-hydrogen) atoms. The Kier molecular flexibility index (Phi) is 4.94. The molecule has 1 unspecified atom stereocenters. The molecule has 0 bridgehead atoms. The molecule has 1 spiro atoms. The molecule has 1 atom stereocenters. The number of hydrogen-bond donors (Lipinski definition) is 2. The number of anilines is 1. The van der Waals surface area contributed by atoms with E-state index in [1.54, 1.807) is 6.20 Å². The first-order valence-electron chi connectivity index (χ1n) is 11.8. The molecule has 2 aliphatic carbocycles. The number of fused-ring (bicyclic) bond motifs is 2. The minimum Gasteiger partial charge on any atom is -0.350 e. The fourth-order valence-electron chi connectivity index (χ4n) is 5.54. The summed E-state index contributed by atoms with van der Waals surface area (Å²) < 4.78 is 3.13. The topological polar surface area (TPSA) is 72.4 Å². The zero-order chi connectivity index (χ0) is 22.6. The fraction of sp³-hybridized carbons (Fsp3) is 0.500. The van der Waals surface area contributed by atoms with Crippen LogP contribution in [0.25, 0.3) is 22.4 Å². The van der Waals surface area contributed by atoms with Crippen LogP contribution in [-0.4, -0.2) is 47.5 Å². The van der Waals surface area contributed by atoms with E-state index < -0.39 is 4.65 Å². The normalized spacial score (nSPS) is 20.2. The van der Waals surface area contributed by atoms with Crippen LogP contribution >= 0.6 is 12.6 Å². The maximum Gasteiger partial charge on any atom is 0.241 e. The van der Waals surface area contributed by atoms with Crippen molar-refractivity contribution in [2.45, 2.75) is 69.0 Å². The van der Waals surface area contributed by atoms with Crippen molar-refractivity contribution >= 4 is 37.7 Å². The zero-order valence-electron chi connectivity index (χ0n) is 18.9. The van der Waals surface area contributed by atoms with Crippen molar-refractivity contribution in [3.63, 3.8) is 0 Å². The molecule has 4 aromatic heterocycles. The Morgan fingerprint density at radius 3 is 2.76 bits per heavy atom. The van der Waals surface area contributed by atoms with Crippen molar-refractivity contribution in [1.82, 2.24) is 29.0 Å². The molecule has 2 aliphatic rings. The van der Waals surface area contributed by atoms with Crippen LogP contribution < -0.4 is 5.32 Å². The first kappa shape index (κ1) is 21.0. The zero-order valence-corrected chi connectivity index (χ0v) is 19.8. The van der Waals surface area contributed by atoms with Crippen molar-refractivity contribution in [2.24, 2.45) is 5.41 Å². The molecule has 4 heterocycles. The average Bonchev–Trinajstić information content (AvgIpc) is 3.38. The summed E-state index contributed by atoms with van der Waals surface area (Å²) in [4.78, 5) is 13.7. The van der Waals surface area contributed by atoms with E-state index in [9.17, 15) is 0 Å². The van der Waals surface area contributed by atoms with Crippen LogP contribution in [0.15, 0.2) is 37.1 Å². The highest BCUT2D eigenvalue weighted by Crippen LogP contribution is 2.51. The fourth-order valence-corrected chi connectivity index (χ4v) is 5.69. The Morgan fingerprint density at radius 1 is 1.21 bits per heavy atom. The van der Waals surface area contributed by atoms with Gasteiger partial charge >= 0.3 is 0 Å². The van der Waals surface area contributed by atoms with Gasteiger partial charge in [-0.05, 0) is 61.1 Å². The molecule has 9 heteroatoms. The molecule has 7 nitrogen and oxygen atoms in total. The van der Waals surface area contributed by atoms with Gasteiger partial charge in [0.2, 0.25) is 11.7 Å². The molecule has 4 aromatic rings. The highest BCUT2D eigenvalue weighted by atomic mass is 32.1. The van der Waals surface area contributed by atoms with Crippen molar-refractivity contribution < 1.29 is 0 Å². The SMILES string of the molecule is [B]C(C)(S)Cc1nc(NC2CCC3(CCC3)CC2)nn2ccc(-c3cnc4nccn4c3)c12. The number of rotatable bonds is 5. The smallest absolute Gasteiger partial charge is 0.241 e. The Hall–Kier alpha value is -2.55. The quantitative estimate of drug-likeness (QED) is 0.345. The van der Waals surface area contributed by atoms with Gasteiger partial charge in [0.05, 0.1) is 19.1 Å². The van der Waals surface area contributed by atoms with E-state index in [1.807, 2.05) is 40.6 Å². The van der Waals surface area contributed by atoms with Crippen LogP contribution in [0.2, 0.25) is 0 Å². The molecule has 6 rings (SSSR count). The van der Waals surface area contributed by atoms with Crippen LogP contribution in [0, 0.1) is 5.41 Å². The van der Waals surface area contributed by atoms with Crippen molar-refractivity contribution in [3.05, 3.63) is 42.7 Å². The molecule has 0 amide bonds. The number of nitrogens with one attached hydrogen (secondary N) is 1. The second kappa shape index (κ2) is 7.76. The second-order valence-corrected chi connectivity index (χ2v) is 11.2. The summed E-state index contributed by atoms with van der Waals surface area (Å²) in [5.74, 6) is 1.33. The van der Waals surface area contributed by atoms with Crippen molar-refractivity contribution in [3.8, 4) is 11.1 Å². The molecule has 2 saturated carbocycles. The van der Waals surface area contributed by atoms with E-state index in [0.29, 0.717) is 29.6 Å². The van der Waals surface area contributed by atoms with Gasteiger partial charge in [0.1, 0.15) is 0 Å². The Balaban J connectivity index is 1.35. The lowest BCUT2D eigenvalue weighted by Gasteiger charge is -2.47. The number of aromatic nitrogens is 6. The van der Waals surface area contributed by atoms with Crippen LogP contribution in [-0.2, 0) is 6.42 Å². The molecular weight excluding hydrogens is 429 g/mol. The first-order chi connectivity index (χ1) is 15.9. The summed E-state index contributed by atoms with van der Waals surface area (Å²) >= 11 is 4.60. The summed E-state index contributed by atoms with van der Waals surface area (Å²) in [5, 5.41) is 8.44. The third-order valence-corrected chi connectivity index (χ3v) is 7.62. The van der Waals surface area contributed by atoms with E-state index in [0.717, 1.165) is 22.3 Å². The molecule has 0 aromatic carbocycles. The molecule has 1 N–H and O–H groups in total. The van der Waals surface area contributed by atoms with Gasteiger partial charge < -0.3 is 5.32 Å². The average molecular weight is 457 g/mol. The summed E-state index contributed by atoms with van der Waals surface area (Å²) in [5.41, 5.74) is 4.45. The highest BCUT2D eigenvalue weighted by molar-refractivity contribution is 7.83. The van der Waals surface area contributed by atoms with Crippen LogP contribution in [0.5, 0.6) is 0 Å². The van der Waals surface area contributed by atoms with E-state index in [4.69, 9.17) is 17.9 Å². The van der Waals surface area contributed by atoms with Crippen molar-refractivity contribution in [1.29, 1.82) is 0 Å². The van der Waals surface area contributed by atoms with Crippen LogP contribution in [0.3, 0.4) is 0 Å². The molecule has 2 radical (unpaired) electrons. The Labute approximate surface area is 200 Å². The minimum absolute atomic E-state index is 0.421. The minimum atomic E-state index is -0.693. The first-order valence-corrected chi connectivity index (χ1v) is 12.3. The largest absolute Gasteiger partial charge is 0.350 e. The van der Waals surface area contributed by atoms with Crippen LogP contribution in [0.4, 0.5) is 5.95 Å². The summed E-state index contributed by atoms with van der Waals surface area (Å²) in [6.45, 7) is 1.91. The maximum atomic E-state index is 6.31. The Morgan fingerprint density at radius 2 is 2.03 bits per heavy atom. The molecule has 0 saturated heterocycles. The summed E-state index contributed by atoms with van der Waals surface area (Å²) in [6, 6.07) is 2.48. The van der Waals surface area contributed by atoms with Gasteiger partial charge in [0, 0.05) is 48.2 Å². The van der Waals surface area contributed by atoms with Crippen molar-refractivity contribution in [2.75, 3.05) is 5.32 Å². The lowest BCUT2D eigenvalue weighted by atomic mass is 9.60.